The molecule has 0 saturated heterocycles. The average Bonchev–Trinajstić information content (AvgIpc) is 2.84. The lowest BCUT2D eigenvalue weighted by Crippen LogP contribution is -1.79. The normalized spacial score (nSPS) is 11.3. The van der Waals surface area contributed by atoms with Gasteiger partial charge in [-0.25, -0.2) is 0 Å². The molecule has 0 saturated carbocycles. The molecule has 1 N–H and O–H groups in total. The van der Waals surface area contributed by atoms with Crippen LogP contribution >= 0.6 is 0 Å². The predicted octanol–water partition coefficient (Wildman–Crippen LogP) is 5.82. The van der Waals surface area contributed by atoms with Crippen LogP contribution in [0.15, 0.2) is 55.1 Å². The Morgan fingerprint density at radius 1 is 1.00 bits per heavy atom. The van der Waals surface area contributed by atoms with Gasteiger partial charge in [-0.05, 0) is 43.2 Å². The number of hydrogen-bond donors (Lipinski definition) is 1. The van der Waals surface area contributed by atoms with E-state index in [0.29, 0.717) is 0 Å². The summed E-state index contributed by atoms with van der Waals surface area (Å²) in [5, 5.41) is 1.22. The standard InChI is InChI=1S/C20H19N/c1-4-6-19-17(5-2)18-13-16(11-12-20(18)21-19)15-9-7-14(3)8-10-15/h4-13,21H,2H2,1,3H3/b6-4-. The Morgan fingerprint density at radius 3 is 2.38 bits per heavy atom. The molecule has 1 aromatic heterocycles. The molecular weight excluding hydrogens is 254 g/mol. The van der Waals surface area contributed by atoms with E-state index in [1.54, 1.807) is 0 Å². The maximum Gasteiger partial charge on any atom is 0.0465 e. The average molecular weight is 273 g/mol. The minimum Gasteiger partial charge on any atom is -0.355 e. The molecule has 0 amide bonds. The molecule has 1 heteroatoms. The number of H-pyrrole nitrogens is 1. The van der Waals surface area contributed by atoms with Gasteiger partial charge in [0.25, 0.3) is 0 Å². The highest BCUT2D eigenvalue weighted by molar-refractivity contribution is 5.95. The predicted molar refractivity (Wildman–Crippen MR) is 93.3 cm³/mol. The third kappa shape index (κ3) is 2.43. The fourth-order valence-electron chi connectivity index (χ4n) is 2.68. The van der Waals surface area contributed by atoms with Crippen molar-refractivity contribution in [3.8, 4) is 11.1 Å². The van der Waals surface area contributed by atoms with Crippen molar-refractivity contribution in [3.05, 3.63) is 71.9 Å². The number of hydrogen-bond acceptors (Lipinski definition) is 0. The quantitative estimate of drug-likeness (QED) is 0.619. The Bertz CT molecular complexity index is 817. The van der Waals surface area contributed by atoms with Gasteiger partial charge in [-0.2, -0.15) is 0 Å². The first-order valence-corrected chi connectivity index (χ1v) is 7.21. The van der Waals surface area contributed by atoms with Crippen LogP contribution in [-0.4, -0.2) is 4.98 Å². The van der Waals surface area contributed by atoms with Crippen LogP contribution in [0, 0.1) is 6.92 Å². The second-order valence-electron chi connectivity index (χ2n) is 5.28. The molecule has 0 radical (unpaired) electrons. The van der Waals surface area contributed by atoms with E-state index >= 15 is 0 Å². The highest BCUT2D eigenvalue weighted by atomic mass is 14.7. The van der Waals surface area contributed by atoms with Gasteiger partial charge in [0.2, 0.25) is 0 Å². The number of aromatic amines is 1. The molecule has 0 atom stereocenters. The van der Waals surface area contributed by atoms with E-state index in [0.717, 1.165) is 16.8 Å². The largest absolute Gasteiger partial charge is 0.355 e. The van der Waals surface area contributed by atoms with Gasteiger partial charge >= 0.3 is 0 Å². The summed E-state index contributed by atoms with van der Waals surface area (Å²) >= 11 is 0. The molecule has 3 aromatic rings. The van der Waals surface area contributed by atoms with Crippen molar-refractivity contribution in [2.24, 2.45) is 0 Å². The Kier molecular flexibility index (Phi) is 3.49. The molecule has 0 spiro atoms. The zero-order valence-electron chi connectivity index (χ0n) is 12.5. The van der Waals surface area contributed by atoms with E-state index in [1.807, 2.05) is 19.1 Å². The Labute approximate surface area is 125 Å². The van der Waals surface area contributed by atoms with Crippen molar-refractivity contribution in [3.63, 3.8) is 0 Å². The Morgan fingerprint density at radius 2 is 1.71 bits per heavy atom. The van der Waals surface area contributed by atoms with Crippen LogP contribution < -0.4 is 0 Å². The van der Waals surface area contributed by atoms with Gasteiger partial charge in [-0.1, -0.05) is 54.6 Å². The summed E-state index contributed by atoms with van der Waals surface area (Å²) in [7, 11) is 0. The minimum absolute atomic E-state index is 1.11. The molecule has 0 aliphatic carbocycles. The van der Waals surface area contributed by atoms with E-state index in [1.165, 1.54) is 22.1 Å². The van der Waals surface area contributed by atoms with Crippen molar-refractivity contribution in [1.29, 1.82) is 0 Å². The summed E-state index contributed by atoms with van der Waals surface area (Å²) in [6.45, 7) is 8.09. The van der Waals surface area contributed by atoms with Crippen LogP contribution in [0.3, 0.4) is 0 Å². The number of benzene rings is 2. The summed E-state index contributed by atoms with van der Waals surface area (Å²) in [4.78, 5) is 3.45. The van der Waals surface area contributed by atoms with E-state index in [-0.39, 0.29) is 0 Å². The van der Waals surface area contributed by atoms with Crippen molar-refractivity contribution >= 4 is 23.1 Å². The summed E-state index contributed by atoms with van der Waals surface area (Å²) in [6.07, 6.45) is 6.05. The second-order valence-corrected chi connectivity index (χ2v) is 5.28. The van der Waals surface area contributed by atoms with Gasteiger partial charge in [-0.15, -0.1) is 0 Å². The van der Waals surface area contributed by atoms with Gasteiger partial charge in [0.15, 0.2) is 0 Å². The SMILES string of the molecule is C=Cc1c(/C=C\C)[nH]c2ccc(-c3ccc(C)cc3)cc12. The number of aryl methyl sites for hydroxylation is 1. The molecule has 1 heterocycles. The number of allylic oxidation sites excluding steroid dienone is 1. The minimum atomic E-state index is 1.11. The van der Waals surface area contributed by atoms with E-state index in [9.17, 15) is 0 Å². The van der Waals surface area contributed by atoms with Crippen molar-refractivity contribution < 1.29 is 0 Å². The fourth-order valence-corrected chi connectivity index (χ4v) is 2.68. The van der Waals surface area contributed by atoms with Gasteiger partial charge < -0.3 is 4.98 Å². The van der Waals surface area contributed by atoms with Gasteiger partial charge in [0.1, 0.15) is 0 Å². The van der Waals surface area contributed by atoms with Gasteiger partial charge in [-0.3, -0.25) is 0 Å². The molecule has 0 aliphatic heterocycles. The highest BCUT2D eigenvalue weighted by Gasteiger charge is 2.08. The van der Waals surface area contributed by atoms with Crippen LogP contribution in [0.4, 0.5) is 0 Å². The fraction of sp³-hybridized carbons (Fsp3) is 0.100. The molecule has 1 nitrogen and oxygen atoms in total. The molecular formula is C20H19N. The maximum atomic E-state index is 3.96. The number of nitrogens with one attached hydrogen (secondary N) is 1. The molecule has 0 unspecified atom stereocenters. The Hall–Kier alpha value is -2.54. The lowest BCUT2D eigenvalue weighted by molar-refractivity contribution is 1.42. The third-order valence-corrected chi connectivity index (χ3v) is 3.79. The lowest BCUT2D eigenvalue weighted by atomic mass is 10.0. The first-order chi connectivity index (χ1) is 10.2. The number of rotatable bonds is 3. The summed E-state index contributed by atoms with van der Waals surface area (Å²) in [6, 6.07) is 15.2. The van der Waals surface area contributed by atoms with Gasteiger partial charge in [0.05, 0.1) is 0 Å². The van der Waals surface area contributed by atoms with Crippen LogP contribution in [0.5, 0.6) is 0 Å². The van der Waals surface area contributed by atoms with Crippen LogP contribution in [0.2, 0.25) is 0 Å². The summed E-state index contributed by atoms with van der Waals surface area (Å²) in [5.74, 6) is 0. The number of aromatic nitrogens is 1. The van der Waals surface area contributed by atoms with E-state index in [2.05, 4.69) is 67.0 Å². The van der Waals surface area contributed by atoms with E-state index in [4.69, 9.17) is 0 Å². The van der Waals surface area contributed by atoms with E-state index < -0.39 is 0 Å². The lowest BCUT2D eigenvalue weighted by Gasteiger charge is -2.03. The van der Waals surface area contributed by atoms with Crippen molar-refractivity contribution in [2.75, 3.05) is 0 Å². The molecule has 0 bridgehead atoms. The summed E-state index contributed by atoms with van der Waals surface area (Å²) in [5.41, 5.74) is 7.18. The topological polar surface area (TPSA) is 15.8 Å². The first-order valence-electron chi connectivity index (χ1n) is 7.21. The first kappa shape index (κ1) is 13.4. The molecule has 21 heavy (non-hydrogen) atoms. The third-order valence-electron chi connectivity index (χ3n) is 3.79. The monoisotopic (exact) mass is 273 g/mol. The zero-order chi connectivity index (χ0) is 14.8. The van der Waals surface area contributed by atoms with Crippen LogP contribution in [0.25, 0.3) is 34.2 Å². The Balaban J connectivity index is 2.19. The summed E-state index contributed by atoms with van der Waals surface area (Å²) < 4.78 is 0. The molecule has 3 rings (SSSR count). The van der Waals surface area contributed by atoms with Crippen LogP contribution in [-0.2, 0) is 0 Å². The number of fused-ring (bicyclic) bond motifs is 1. The second kappa shape index (κ2) is 5.45. The smallest absolute Gasteiger partial charge is 0.0465 e. The molecule has 0 fully saturated rings. The van der Waals surface area contributed by atoms with Crippen molar-refractivity contribution in [2.45, 2.75) is 13.8 Å². The van der Waals surface area contributed by atoms with Crippen molar-refractivity contribution in [1.82, 2.24) is 4.98 Å². The molecule has 2 aromatic carbocycles. The highest BCUT2D eigenvalue weighted by Crippen LogP contribution is 2.29. The molecule has 0 aliphatic rings. The zero-order valence-corrected chi connectivity index (χ0v) is 12.5. The molecule has 104 valence electrons. The van der Waals surface area contributed by atoms with Gasteiger partial charge in [0, 0.05) is 22.2 Å². The maximum absolute atomic E-state index is 3.96. The van der Waals surface area contributed by atoms with Crippen LogP contribution in [0.1, 0.15) is 23.7 Å².